The molecule has 2 nitrogen and oxygen atoms in total. The van der Waals surface area contributed by atoms with E-state index in [0.29, 0.717) is 0 Å². The molecule has 0 saturated heterocycles. The van der Waals surface area contributed by atoms with Gasteiger partial charge in [-0.3, -0.25) is 4.98 Å². The third-order valence-electron chi connectivity index (χ3n) is 3.48. The quantitative estimate of drug-likeness (QED) is 0.522. The topological polar surface area (TPSA) is 28.7 Å². The van der Waals surface area contributed by atoms with Crippen LogP contribution in [0.4, 0.5) is 0 Å². The molecule has 2 aromatic carbocycles. The molecular weight excluding hydrogens is 256 g/mol. The van der Waals surface area contributed by atoms with Gasteiger partial charge in [0.25, 0.3) is 0 Å². The predicted molar refractivity (Wildman–Crippen MR) is 89.4 cm³/mol. The first kappa shape index (κ1) is 13.4. The molecular formula is C19H18N2. The Balaban J connectivity index is 0.000000126. The summed E-state index contributed by atoms with van der Waals surface area (Å²) in [6.07, 6.45) is 2.89. The zero-order chi connectivity index (χ0) is 14.5. The molecule has 0 aliphatic carbocycles. The monoisotopic (exact) mass is 274 g/mol. The standard InChI is InChI=1S/C10H11N.C9H7N/c1-2-9-7-8-5-3-4-6-10(8)11-9;1-2-6-9-8(4-1)5-3-7-10-9/h3-7,11H,2H2,1H3;1-7H. The predicted octanol–water partition coefficient (Wildman–Crippen LogP) is 4.97. The van der Waals surface area contributed by atoms with Gasteiger partial charge in [0, 0.05) is 22.8 Å². The second-order valence-electron chi connectivity index (χ2n) is 4.93. The minimum absolute atomic E-state index is 1.06. The fourth-order valence-corrected chi connectivity index (χ4v) is 2.34. The number of hydrogen-bond acceptors (Lipinski definition) is 1. The zero-order valence-corrected chi connectivity index (χ0v) is 12.1. The van der Waals surface area contributed by atoms with Crippen molar-refractivity contribution in [3.63, 3.8) is 0 Å². The molecule has 0 bridgehead atoms. The molecule has 0 saturated carbocycles. The molecule has 2 aromatic heterocycles. The molecule has 0 radical (unpaired) electrons. The van der Waals surface area contributed by atoms with Crippen molar-refractivity contribution >= 4 is 21.8 Å². The van der Waals surface area contributed by atoms with Crippen molar-refractivity contribution in [3.05, 3.63) is 78.6 Å². The Hall–Kier alpha value is -2.61. The van der Waals surface area contributed by atoms with Crippen LogP contribution in [0.1, 0.15) is 12.6 Å². The van der Waals surface area contributed by atoms with Crippen LogP contribution >= 0.6 is 0 Å². The highest BCUT2D eigenvalue weighted by Crippen LogP contribution is 2.14. The lowest BCUT2D eigenvalue weighted by Crippen LogP contribution is -1.74. The van der Waals surface area contributed by atoms with Crippen LogP contribution in [0.25, 0.3) is 21.8 Å². The highest BCUT2D eigenvalue weighted by atomic mass is 14.7. The van der Waals surface area contributed by atoms with Gasteiger partial charge in [-0.25, -0.2) is 0 Å². The van der Waals surface area contributed by atoms with Crippen LogP contribution in [0.3, 0.4) is 0 Å². The molecule has 0 aliphatic rings. The van der Waals surface area contributed by atoms with Crippen LogP contribution in [0.15, 0.2) is 72.9 Å². The molecule has 21 heavy (non-hydrogen) atoms. The molecule has 2 heterocycles. The van der Waals surface area contributed by atoms with E-state index >= 15 is 0 Å². The number of rotatable bonds is 1. The van der Waals surface area contributed by atoms with E-state index in [0.717, 1.165) is 11.9 Å². The zero-order valence-electron chi connectivity index (χ0n) is 12.1. The first-order valence-corrected chi connectivity index (χ1v) is 7.23. The van der Waals surface area contributed by atoms with Crippen LogP contribution in [-0.4, -0.2) is 9.97 Å². The number of pyridine rings is 1. The SMILES string of the molecule is CCc1cc2ccccc2[nH]1.c1ccc2ncccc2c1. The van der Waals surface area contributed by atoms with E-state index in [-0.39, 0.29) is 0 Å². The van der Waals surface area contributed by atoms with E-state index in [2.05, 4.69) is 59.4 Å². The normalized spacial score (nSPS) is 10.3. The van der Waals surface area contributed by atoms with Gasteiger partial charge in [0.15, 0.2) is 0 Å². The number of H-pyrrole nitrogens is 1. The number of aromatic amines is 1. The van der Waals surface area contributed by atoms with Crippen molar-refractivity contribution in [2.45, 2.75) is 13.3 Å². The van der Waals surface area contributed by atoms with Gasteiger partial charge in [0.1, 0.15) is 0 Å². The van der Waals surface area contributed by atoms with E-state index in [9.17, 15) is 0 Å². The Morgan fingerprint density at radius 3 is 2.33 bits per heavy atom. The number of aryl methyl sites for hydroxylation is 1. The number of hydrogen-bond donors (Lipinski definition) is 1. The van der Waals surface area contributed by atoms with Gasteiger partial charge in [0.2, 0.25) is 0 Å². The summed E-state index contributed by atoms with van der Waals surface area (Å²) in [7, 11) is 0. The minimum Gasteiger partial charge on any atom is -0.358 e. The van der Waals surface area contributed by atoms with E-state index in [1.807, 2.05) is 30.5 Å². The fraction of sp³-hybridized carbons (Fsp3) is 0.105. The van der Waals surface area contributed by atoms with E-state index in [1.165, 1.54) is 22.0 Å². The van der Waals surface area contributed by atoms with Crippen molar-refractivity contribution in [1.29, 1.82) is 0 Å². The maximum absolute atomic E-state index is 4.18. The van der Waals surface area contributed by atoms with E-state index < -0.39 is 0 Å². The highest BCUT2D eigenvalue weighted by Gasteiger charge is 1.95. The van der Waals surface area contributed by atoms with Crippen LogP contribution in [0, 0.1) is 0 Å². The van der Waals surface area contributed by atoms with Crippen molar-refractivity contribution in [1.82, 2.24) is 9.97 Å². The second kappa shape index (κ2) is 6.23. The Morgan fingerprint density at radius 1 is 0.857 bits per heavy atom. The fourth-order valence-electron chi connectivity index (χ4n) is 2.34. The lowest BCUT2D eigenvalue weighted by Gasteiger charge is -1.91. The number of nitrogens with zero attached hydrogens (tertiary/aromatic N) is 1. The molecule has 104 valence electrons. The van der Waals surface area contributed by atoms with Gasteiger partial charge in [0.05, 0.1) is 5.52 Å². The summed E-state index contributed by atoms with van der Waals surface area (Å²) in [6.45, 7) is 2.16. The number of aromatic nitrogens is 2. The average Bonchev–Trinajstić information content (AvgIpc) is 2.99. The van der Waals surface area contributed by atoms with Gasteiger partial charge in [-0.1, -0.05) is 49.4 Å². The van der Waals surface area contributed by atoms with Gasteiger partial charge in [-0.2, -0.15) is 0 Å². The molecule has 0 fully saturated rings. The maximum Gasteiger partial charge on any atom is 0.0701 e. The molecule has 0 unspecified atom stereocenters. The Kier molecular flexibility index (Phi) is 3.97. The number of fused-ring (bicyclic) bond motifs is 2. The van der Waals surface area contributed by atoms with Crippen LogP contribution < -0.4 is 0 Å². The summed E-state index contributed by atoms with van der Waals surface area (Å²) in [5, 5.41) is 2.51. The molecule has 0 aliphatic heterocycles. The minimum atomic E-state index is 1.06. The number of nitrogens with one attached hydrogen (secondary N) is 1. The van der Waals surface area contributed by atoms with Gasteiger partial charge < -0.3 is 4.98 Å². The molecule has 0 spiro atoms. The van der Waals surface area contributed by atoms with Crippen molar-refractivity contribution in [2.24, 2.45) is 0 Å². The first-order chi connectivity index (χ1) is 10.4. The average molecular weight is 274 g/mol. The van der Waals surface area contributed by atoms with E-state index in [1.54, 1.807) is 0 Å². The van der Waals surface area contributed by atoms with Crippen LogP contribution in [0.5, 0.6) is 0 Å². The lowest BCUT2D eigenvalue weighted by atomic mass is 10.2. The Morgan fingerprint density at radius 2 is 1.57 bits per heavy atom. The summed E-state index contributed by atoms with van der Waals surface area (Å²) in [5.41, 5.74) is 3.61. The Labute approximate surface area is 124 Å². The smallest absolute Gasteiger partial charge is 0.0701 e. The van der Waals surface area contributed by atoms with Crippen molar-refractivity contribution in [3.8, 4) is 0 Å². The molecule has 0 amide bonds. The molecule has 1 N–H and O–H groups in total. The van der Waals surface area contributed by atoms with Crippen molar-refractivity contribution < 1.29 is 0 Å². The van der Waals surface area contributed by atoms with Crippen LogP contribution in [0.2, 0.25) is 0 Å². The van der Waals surface area contributed by atoms with Crippen LogP contribution in [-0.2, 0) is 6.42 Å². The molecule has 2 heteroatoms. The second-order valence-corrected chi connectivity index (χ2v) is 4.93. The lowest BCUT2D eigenvalue weighted by molar-refractivity contribution is 1.07. The molecule has 0 atom stereocenters. The first-order valence-electron chi connectivity index (χ1n) is 7.23. The molecule has 4 aromatic rings. The third kappa shape index (κ3) is 3.11. The maximum atomic E-state index is 4.18. The number of para-hydroxylation sites is 2. The van der Waals surface area contributed by atoms with E-state index in [4.69, 9.17) is 0 Å². The summed E-state index contributed by atoms with van der Waals surface area (Å²) in [5.74, 6) is 0. The van der Waals surface area contributed by atoms with Gasteiger partial charge in [-0.05, 0) is 36.1 Å². The summed E-state index contributed by atoms with van der Waals surface area (Å²) in [6, 6.07) is 22.6. The highest BCUT2D eigenvalue weighted by molar-refractivity contribution is 5.80. The van der Waals surface area contributed by atoms with Gasteiger partial charge >= 0.3 is 0 Å². The third-order valence-corrected chi connectivity index (χ3v) is 3.48. The summed E-state index contributed by atoms with van der Waals surface area (Å²) >= 11 is 0. The summed E-state index contributed by atoms with van der Waals surface area (Å²) in [4.78, 5) is 7.53. The molecule has 4 rings (SSSR count). The Bertz CT molecular complexity index is 748. The van der Waals surface area contributed by atoms with Gasteiger partial charge in [-0.15, -0.1) is 0 Å². The van der Waals surface area contributed by atoms with Crippen molar-refractivity contribution in [2.75, 3.05) is 0 Å². The number of benzene rings is 2. The summed E-state index contributed by atoms with van der Waals surface area (Å²) < 4.78 is 0. The largest absolute Gasteiger partial charge is 0.358 e.